The fourth-order valence-electron chi connectivity index (χ4n) is 2.95. The van der Waals surface area contributed by atoms with Gasteiger partial charge in [0.25, 0.3) is 10.1 Å². The Morgan fingerprint density at radius 2 is 1.87 bits per heavy atom. The predicted molar refractivity (Wildman–Crippen MR) is 118 cm³/mol. The summed E-state index contributed by atoms with van der Waals surface area (Å²) in [5.74, 6) is 0.0599. The molecule has 1 N–H and O–H groups in total. The van der Waals surface area contributed by atoms with E-state index in [-0.39, 0.29) is 27.9 Å². The normalized spacial score (nSPS) is 15.6. The lowest BCUT2D eigenvalue weighted by molar-refractivity contribution is -0.110. The van der Waals surface area contributed by atoms with Crippen LogP contribution >= 0.6 is 23.2 Å². The molecule has 0 unspecified atom stereocenters. The van der Waals surface area contributed by atoms with E-state index in [4.69, 9.17) is 27.9 Å². The largest absolute Gasteiger partial charge is 0.488 e. The van der Waals surface area contributed by atoms with Gasteiger partial charge in [0.1, 0.15) is 17.3 Å². The van der Waals surface area contributed by atoms with Crippen molar-refractivity contribution in [2.45, 2.75) is 4.90 Å². The Morgan fingerprint density at radius 1 is 1.13 bits per heavy atom. The molecule has 0 spiro atoms. The highest BCUT2D eigenvalue weighted by Gasteiger charge is 2.22. The molecule has 1 aliphatic carbocycles. The quantitative estimate of drug-likeness (QED) is 0.470. The summed E-state index contributed by atoms with van der Waals surface area (Å²) in [6.45, 7) is 3.85. The van der Waals surface area contributed by atoms with E-state index >= 15 is 0 Å². The SMILES string of the molecule is C=CCOc1ccc(/C(=C2\C=CC(=O)C(Cl)=C2)c2ccccc2S(=O)(=O)O)cc1Cl. The van der Waals surface area contributed by atoms with Gasteiger partial charge in [-0.3, -0.25) is 9.35 Å². The maximum Gasteiger partial charge on any atom is 0.295 e. The van der Waals surface area contributed by atoms with Crippen molar-refractivity contribution < 1.29 is 22.5 Å². The van der Waals surface area contributed by atoms with Crippen molar-refractivity contribution in [1.82, 2.24) is 0 Å². The number of ketones is 1. The lowest BCUT2D eigenvalue weighted by Crippen LogP contribution is -2.06. The number of hydrogen-bond donors (Lipinski definition) is 1. The number of carbonyl (C=O) groups is 1. The van der Waals surface area contributed by atoms with Gasteiger partial charge < -0.3 is 4.74 Å². The number of halogens is 2. The molecule has 154 valence electrons. The third kappa shape index (κ3) is 4.74. The van der Waals surface area contributed by atoms with Crippen molar-refractivity contribution >= 4 is 44.7 Å². The summed E-state index contributed by atoms with van der Waals surface area (Å²) in [6, 6.07) is 10.9. The fourth-order valence-corrected chi connectivity index (χ4v) is 4.07. The molecule has 8 heteroatoms. The standard InChI is InChI=1S/C22H16Cl2O5S/c1-2-11-29-20-10-8-15(13-18(20)24)22(14-7-9-19(25)17(23)12-14)16-5-3-4-6-21(16)30(26,27)28/h2-10,12-13H,1,11H2,(H,26,27,28)/b22-14-. The van der Waals surface area contributed by atoms with Gasteiger partial charge in [0, 0.05) is 5.56 Å². The molecule has 0 fully saturated rings. The monoisotopic (exact) mass is 462 g/mol. The van der Waals surface area contributed by atoms with E-state index in [1.807, 2.05) is 0 Å². The Morgan fingerprint density at radius 3 is 2.50 bits per heavy atom. The average molecular weight is 463 g/mol. The second-order valence-corrected chi connectivity index (χ2v) is 8.44. The summed E-state index contributed by atoms with van der Waals surface area (Å²) in [4.78, 5) is 11.5. The third-order valence-corrected chi connectivity index (χ3v) is 5.73. The first-order chi connectivity index (χ1) is 14.2. The number of rotatable bonds is 6. The van der Waals surface area contributed by atoms with Crippen molar-refractivity contribution in [3.05, 3.63) is 100 Å². The minimum atomic E-state index is -4.53. The minimum absolute atomic E-state index is 0.0219. The summed E-state index contributed by atoms with van der Waals surface area (Å²) in [5, 5.41) is 0.272. The van der Waals surface area contributed by atoms with E-state index in [0.29, 0.717) is 27.5 Å². The molecule has 0 amide bonds. The summed E-state index contributed by atoms with van der Waals surface area (Å²) in [6.07, 6.45) is 5.84. The van der Waals surface area contributed by atoms with Crippen LogP contribution in [0.2, 0.25) is 5.02 Å². The van der Waals surface area contributed by atoms with Crippen LogP contribution < -0.4 is 4.74 Å². The molecule has 5 nitrogen and oxygen atoms in total. The van der Waals surface area contributed by atoms with Gasteiger partial charge in [-0.15, -0.1) is 0 Å². The van der Waals surface area contributed by atoms with Gasteiger partial charge in [-0.1, -0.05) is 66.2 Å². The van der Waals surface area contributed by atoms with Gasteiger partial charge in [-0.05, 0) is 47.1 Å². The predicted octanol–water partition coefficient (Wildman–Crippen LogP) is 5.22. The number of hydrogen-bond acceptors (Lipinski definition) is 4. The highest BCUT2D eigenvalue weighted by Crippen LogP contribution is 2.37. The van der Waals surface area contributed by atoms with E-state index in [0.717, 1.165) is 0 Å². The van der Waals surface area contributed by atoms with Crippen LogP contribution in [0.1, 0.15) is 11.1 Å². The van der Waals surface area contributed by atoms with E-state index in [1.165, 1.54) is 30.4 Å². The van der Waals surface area contributed by atoms with Gasteiger partial charge in [-0.2, -0.15) is 8.42 Å². The van der Waals surface area contributed by atoms with Crippen LogP contribution in [0, 0.1) is 0 Å². The highest BCUT2D eigenvalue weighted by molar-refractivity contribution is 7.86. The summed E-state index contributed by atoms with van der Waals surface area (Å²) >= 11 is 12.4. The van der Waals surface area contributed by atoms with Crippen molar-refractivity contribution in [3.8, 4) is 5.75 Å². The van der Waals surface area contributed by atoms with Gasteiger partial charge in [0.2, 0.25) is 0 Å². The maximum atomic E-state index is 12.0. The van der Waals surface area contributed by atoms with Crippen LogP contribution in [-0.4, -0.2) is 25.4 Å². The van der Waals surface area contributed by atoms with E-state index in [2.05, 4.69) is 6.58 Å². The summed E-state index contributed by atoms with van der Waals surface area (Å²) in [7, 11) is -4.53. The van der Waals surface area contributed by atoms with E-state index < -0.39 is 10.1 Å². The van der Waals surface area contributed by atoms with Crippen molar-refractivity contribution in [3.63, 3.8) is 0 Å². The lowest BCUT2D eigenvalue weighted by atomic mass is 9.90. The molecule has 0 radical (unpaired) electrons. The Hall–Kier alpha value is -2.64. The fraction of sp³-hybridized carbons (Fsp3) is 0.0455. The van der Waals surface area contributed by atoms with Crippen molar-refractivity contribution in [2.24, 2.45) is 0 Å². The number of ether oxygens (including phenoxy) is 1. The first kappa shape index (κ1) is 22.1. The maximum absolute atomic E-state index is 12.0. The molecule has 0 heterocycles. The first-order valence-corrected chi connectivity index (χ1v) is 10.9. The molecule has 0 bridgehead atoms. The molecule has 0 saturated carbocycles. The van der Waals surface area contributed by atoms with Gasteiger partial charge in [0.05, 0.1) is 10.1 Å². The summed E-state index contributed by atoms with van der Waals surface area (Å²) in [5.41, 5.74) is 1.66. The number of carbonyl (C=O) groups excluding carboxylic acids is 1. The second kappa shape index (κ2) is 9.02. The van der Waals surface area contributed by atoms with E-state index in [9.17, 15) is 17.8 Å². The Bertz CT molecular complexity index is 1220. The molecule has 2 aromatic rings. The van der Waals surface area contributed by atoms with Crippen molar-refractivity contribution in [2.75, 3.05) is 6.61 Å². The van der Waals surface area contributed by atoms with Crippen LogP contribution in [-0.2, 0) is 14.9 Å². The Labute approximate surface area is 184 Å². The van der Waals surface area contributed by atoms with Crippen LogP contribution in [0.25, 0.3) is 5.57 Å². The number of benzene rings is 2. The van der Waals surface area contributed by atoms with Gasteiger partial charge in [-0.25, -0.2) is 0 Å². The molecular weight excluding hydrogens is 447 g/mol. The van der Waals surface area contributed by atoms with Gasteiger partial charge in [0.15, 0.2) is 5.78 Å². The topological polar surface area (TPSA) is 80.7 Å². The molecular formula is C22H16Cl2O5S. The average Bonchev–Trinajstić information content (AvgIpc) is 2.70. The van der Waals surface area contributed by atoms with Gasteiger partial charge >= 0.3 is 0 Å². The smallest absolute Gasteiger partial charge is 0.295 e. The van der Waals surface area contributed by atoms with Crippen LogP contribution in [0.5, 0.6) is 5.75 Å². The molecule has 0 saturated heterocycles. The molecule has 0 aliphatic heterocycles. The minimum Gasteiger partial charge on any atom is -0.488 e. The molecule has 2 aromatic carbocycles. The highest BCUT2D eigenvalue weighted by atomic mass is 35.5. The lowest BCUT2D eigenvalue weighted by Gasteiger charge is -2.17. The molecule has 3 rings (SSSR count). The molecule has 1 aliphatic rings. The second-order valence-electron chi connectivity index (χ2n) is 6.24. The Kier molecular flexibility index (Phi) is 6.63. The molecule has 0 aromatic heterocycles. The third-order valence-electron chi connectivity index (χ3n) is 4.23. The first-order valence-electron chi connectivity index (χ1n) is 8.66. The zero-order valence-electron chi connectivity index (χ0n) is 15.5. The zero-order chi connectivity index (χ0) is 21.9. The van der Waals surface area contributed by atoms with Crippen LogP contribution in [0.3, 0.4) is 0 Å². The van der Waals surface area contributed by atoms with E-state index in [1.54, 1.807) is 36.4 Å². The number of allylic oxidation sites excluding steroid dienone is 5. The van der Waals surface area contributed by atoms with Crippen LogP contribution in [0.15, 0.2) is 88.8 Å². The summed E-state index contributed by atoms with van der Waals surface area (Å²) < 4.78 is 39.2. The Balaban J connectivity index is 2.30. The molecule has 30 heavy (non-hydrogen) atoms. The van der Waals surface area contributed by atoms with Crippen molar-refractivity contribution in [1.29, 1.82) is 0 Å². The zero-order valence-corrected chi connectivity index (χ0v) is 17.8. The van der Waals surface area contributed by atoms with Crippen LogP contribution in [0.4, 0.5) is 0 Å². The molecule has 0 atom stereocenters.